The van der Waals surface area contributed by atoms with Gasteiger partial charge in [-0.3, -0.25) is 0 Å². The molecular weight excluding hydrogens is 243 g/mol. The standard InChI is InChI=1S/C11H15FN2O2S/c12-9-10-1-3-11(4-2-10)17(15,16)14-7-5-13-6-8-14/h1-4,13H,5-9H2. The minimum Gasteiger partial charge on any atom is -0.314 e. The summed E-state index contributed by atoms with van der Waals surface area (Å²) in [6.45, 7) is 1.72. The molecule has 1 aliphatic heterocycles. The Morgan fingerprint density at radius 1 is 1.18 bits per heavy atom. The lowest BCUT2D eigenvalue weighted by Gasteiger charge is -2.26. The third kappa shape index (κ3) is 2.65. The van der Waals surface area contributed by atoms with E-state index in [2.05, 4.69) is 5.32 Å². The molecule has 1 aliphatic rings. The lowest BCUT2D eigenvalue weighted by molar-refractivity contribution is 0.360. The molecule has 0 radical (unpaired) electrons. The van der Waals surface area contributed by atoms with E-state index >= 15 is 0 Å². The summed E-state index contributed by atoms with van der Waals surface area (Å²) in [4.78, 5) is 0.233. The van der Waals surface area contributed by atoms with Crippen molar-refractivity contribution < 1.29 is 12.8 Å². The smallest absolute Gasteiger partial charge is 0.243 e. The molecule has 1 aromatic rings. The summed E-state index contributed by atoms with van der Waals surface area (Å²) in [5, 5.41) is 3.10. The van der Waals surface area contributed by atoms with Gasteiger partial charge in [0.1, 0.15) is 6.67 Å². The lowest BCUT2D eigenvalue weighted by atomic mass is 10.2. The maximum atomic E-state index is 12.3. The highest BCUT2D eigenvalue weighted by Crippen LogP contribution is 2.17. The Hall–Kier alpha value is -0.980. The van der Waals surface area contributed by atoms with E-state index in [0.29, 0.717) is 31.7 Å². The Bertz CT molecular complexity index is 467. The Morgan fingerprint density at radius 2 is 1.76 bits per heavy atom. The first kappa shape index (κ1) is 12.5. The summed E-state index contributed by atoms with van der Waals surface area (Å²) in [5.74, 6) is 0. The third-order valence-electron chi connectivity index (χ3n) is 2.79. The van der Waals surface area contributed by atoms with Crippen molar-refractivity contribution in [2.75, 3.05) is 26.2 Å². The first-order chi connectivity index (χ1) is 8.14. The predicted octanol–water partition coefficient (Wildman–Crippen LogP) is 0.750. The number of piperazine rings is 1. The molecule has 0 bridgehead atoms. The van der Waals surface area contributed by atoms with E-state index in [1.165, 1.54) is 28.6 Å². The molecule has 2 rings (SSSR count). The second-order valence-corrected chi connectivity index (χ2v) is 5.87. The molecule has 0 atom stereocenters. The number of rotatable bonds is 3. The molecule has 0 aromatic heterocycles. The molecule has 1 N–H and O–H groups in total. The molecule has 0 spiro atoms. The Balaban J connectivity index is 2.23. The van der Waals surface area contributed by atoms with Crippen LogP contribution < -0.4 is 5.32 Å². The molecule has 1 saturated heterocycles. The number of hydrogen-bond acceptors (Lipinski definition) is 3. The Morgan fingerprint density at radius 3 is 2.29 bits per heavy atom. The molecule has 1 aromatic carbocycles. The molecule has 0 saturated carbocycles. The maximum Gasteiger partial charge on any atom is 0.243 e. The van der Waals surface area contributed by atoms with E-state index < -0.39 is 16.7 Å². The van der Waals surface area contributed by atoms with Gasteiger partial charge in [0, 0.05) is 26.2 Å². The van der Waals surface area contributed by atoms with Crippen molar-refractivity contribution in [1.29, 1.82) is 0 Å². The number of alkyl halides is 1. The van der Waals surface area contributed by atoms with Crippen LogP contribution in [0.3, 0.4) is 0 Å². The van der Waals surface area contributed by atoms with Crippen LogP contribution in [-0.4, -0.2) is 38.9 Å². The first-order valence-electron chi connectivity index (χ1n) is 5.50. The summed E-state index contributed by atoms with van der Waals surface area (Å²) >= 11 is 0. The molecule has 94 valence electrons. The van der Waals surface area contributed by atoms with Crippen molar-refractivity contribution in [1.82, 2.24) is 9.62 Å². The lowest BCUT2D eigenvalue weighted by Crippen LogP contribution is -2.46. The van der Waals surface area contributed by atoms with Gasteiger partial charge in [0.05, 0.1) is 4.90 Å². The largest absolute Gasteiger partial charge is 0.314 e. The zero-order valence-electron chi connectivity index (χ0n) is 9.39. The minimum absolute atomic E-state index is 0.233. The second-order valence-electron chi connectivity index (χ2n) is 3.93. The Labute approximate surface area is 100 Å². The van der Waals surface area contributed by atoms with Crippen molar-refractivity contribution >= 4 is 10.0 Å². The molecule has 6 heteroatoms. The van der Waals surface area contributed by atoms with Gasteiger partial charge < -0.3 is 5.32 Å². The summed E-state index contributed by atoms with van der Waals surface area (Å²) in [7, 11) is -3.42. The summed E-state index contributed by atoms with van der Waals surface area (Å²) < 4.78 is 38.2. The van der Waals surface area contributed by atoms with Crippen molar-refractivity contribution in [2.45, 2.75) is 11.6 Å². The Kier molecular flexibility index (Phi) is 3.76. The fourth-order valence-electron chi connectivity index (χ4n) is 1.78. The fourth-order valence-corrected chi connectivity index (χ4v) is 3.23. The molecule has 4 nitrogen and oxygen atoms in total. The van der Waals surface area contributed by atoms with Gasteiger partial charge in [0.25, 0.3) is 0 Å². The third-order valence-corrected chi connectivity index (χ3v) is 4.70. The van der Waals surface area contributed by atoms with Crippen LogP contribution in [0, 0.1) is 0 Å². The molecular formula is C11H15FN2O2S. The number of nitrogens with zero attached hydrogens (tertiary/aromatic N) is 1. The van der Waals surface area contributed by atoms with Gasteiger partial charge in [-0.1, -0.05) is 12.1 Å². The quantitative estimate of drug-likeness (QED) is 0.870. The molecule has 1 heterocycles. The van der Waals surface area contributed by atoms with Gasteiger partial charge in [-0.05, 0) is 17.7 Å². The number of nitrogens with one attached hydrogen (secondary N) is 1. The fraction of sp³-hybridized carbons (Fsp3) is 0.455. The van der Waals surface area contributed by atoms with Gasteiger partial charge in [-0.25, -0.2) is 12.8 Å². The van der Waals surface area contributed by atoms with Crippen LogP contribution in [0.15, 0.2) is 29.2 Å². The normalized spacial score (nSPS) is 18.2. The number of hydrogen-bond donors (Lipinski definition) is 1. The summed E-state index contributed by atoms with van der Waals surface area (Å²) in [6, 6.07) is 5.95. The zero-order valence-corrected chi connectivity index (χ0v) is 10.2. The second kappa shape index (κ2) is 5.12. The summed E-state index contributed by atoms with van der Waals surface area (Å²) in [6.07, 6.45) is 0. The summed E-state index contributed by atoms with van der Waals surface area (Å²) in [5.41, 5.74) is 0.490. The van der Waals surface area contributed by atoms with Crippen LogP contribution in [0.5, 0.6) is 0 Å². The van der Waals surface area contributed by atoms with Crippen molar-refractivity contribution in [3.8, 4) is 0 Å². The SMILES string of the molecule is O=S(=O)(c1ccc(CF)cc1)N1CCNCC1. The van der Waals surface area contributed by atoms with Crippen LogP contribution in [0.2, 0.25) is 0 Å². The van der Waals surface area contributed by atoms with E-state index in [-0.39, 0.29) is 4.90 Å². The average Bonchev–Trinajstić information content (AvgIpc) is 2.40. The predicted molar refractivity (Wildman–Crippen MR) is 62.9 cm³/mol. The van der Waals surface area contributed by atoms with Crippen molar-refractivity contribution in [3.05, 3.63) is 29.8 Å². The highest BCUT2D eigenvalue weighted by molar-refractivity contribution is 7.89. The monoisotopic (exact) mass is 258 g/mol. The van der Waals surface area contributed by atoms with E-state index in [9.17, 15) is 12.8 Å². The van der Waals surface area contributed by atoms with Gasteiger partial charge in [0.2, 0.25) is 10.0 Å². The number of sulfonamides is 1. The molecule has 17 heavy (non-hydrogen) atoms. The van der Waals surface area contributed by atoms with Crippen LogP contribution in [0.1, 0.15) is 5.56 Å². The van der Waals surface area contributed by atoms with Gasteiger partial charge >= 0.3 is 0 Å². The van der Waals surface area contributed by atoms with Crippen molar-refractivity contribution in [3.63, 3.8) is 0 Å². The van der Waals surface area contributed by atoms with E-state index in [4.69, 9.17) is 0 Å². The molecule has 0 aliphatic carbocycles. The van der Waals surface area contributed by atoms with E-state index in [1.807, 2.05) is 0 Å². The molecule has 0 unspecified atom stereocenters. The average molecular weight is 258 g/mol. The van der Waals surface area contributed by atoms with Crippen LogP contribution in [-0.2, 0) is 16.7 Å². The molecule has 1 fully saturated rings. The van der Waals surface area contributed by atoms with E-state index in [0.717, 1.165) is 0 Å². The molecule has 0 amide bonds. The van der Waals surface area contributed by atoms with Crippen molar-refractivity contribution in [2.24, 2.45) is 0 Å². The first-order valence-corrected chi connectivity index (χ1v) is 6.94. The highest BCUT2D eigenvalue weighted by Gasteiger charge is 2.25. The number of benzene rings is 1. The van der Waals surface area contributed by atoms with Crippen LogP contribution in [0.25, 0.3) is 0 Å². The zero-order chi connectivity index (χ0) is 12.3. The minimum atomic E-state index is -3.42. The van der Waals surface area contributed by atoms with Gasteiger partial charge in [0.15, 0.2) is 0 Å². The highest BCUT2D eigenvalue weighted by atomic mass is 32.2. The van der Waals surface area contributed by atoms with Crippen LogP contribution >= 0.6 is 0 Å². The van der Waals surface area contributed by atoms with Gasteiger partial charge in [-0.15, -0.1) is 0 Å². The number of halogens is 1. The van der Waals surface area contributed by atoms with Gasteiger partial charge in [-0.2, -0.15) is 4.31 Å². The topological polar surface area (TPSA) is 49.4 Å². The van der Waals surface area contributed by atoms with E-state index in [1.54, 1.807) is 0 Å². The van der Waals surface area contributed by atoms with Crippen LogP contribution in [0.4, 0.5) is 4.39 Å². The maximum absolute atomic E-state index is 12.3.